The van der Waals surface area contributed by atoms with Crippen LogP contribution in [0.2, 0.25) is 0 Å². The summed E-state index contributed by atoms with van der Waals surface area (Å²) in [5, 5.41) is 8.14. The topological polar surface area (TPSA) is 167 Å². The summed E-state index contributed by atoms with van der Waals surface area (Å²) in [6, 6.07) is 7.56. The molecule has 12 heteroatoms. The highest BCUT2D eigenvalue weighted by atomic mass is 31.2. The van der Waals surface area contributed by atoms with Crippen LogP contribution in [0.15, 0.2) is 48.8 Å². The van der Waals surface area contributed by atoms with E-state index in [1.807, 2.05) is 19.9 Å². The van der Waals surface area contributed by atoms with Gasteiger partial charge < -0.3 is 20.5 Å². The predicted octanol–water partition coefficient (Wildman–Crippen LogP) is 1.45. The molecule has 0 bridgehead atoms. The molecule has 1 heterocycles. The zero-order valence-electron chi connectivity index (χ0n) is 19.8. The van der Waals surface area contributed by atoms with Crippen molar-refractivity contribution in [3.8, 4) is 5.75 Å². The van der Waals surface area contributed by atoms with Gasteiger partial charge in [-0.1, -0.05) is 32.0 Å². The number of nitrogens with zero attached hydrogens (tertiary/aromatic N) is 1. The molecule has 0 spiro atoms. The first kappa shape index (κ1) is 28.0. The number of pyridine rings is 1. The maximum Gasteiger partial charge on any atom is 0.524 e. The van der Waals surface area contributed by atoms with Crippen molar-refractivity contribution in [2.45, 2.75) is 52.2 Å². The Bertz CT molecular complexity index is 1040. The number of phosphoric acid groups is 1. The van der Waals surface area contributed by atoms with Crippen LogP contribution in [-0.2, 0) is 31.9 Å². The largest absolute Gasteiger partial charge is 0.524 e. The zero-order valence-corrected chi connectivity index (χ0v) is 20.7. The maximum atomic E-state index is 13.1. The van der Waals surface area contributed by atoms with E-state index in [9.17, 15) is 18.9 Å². The normalized spacial score (nSPS) is 13.0. The minimum absolute atomic E-state index is 0.0371. The van der Waals surface area contributed by atoms with Crippen molar-refractivity contribution in [3.05, 3.63) is 59.9 Å². The highest BCUT2D eigenvalue weighted by Crippen LogP contribution is 2.37. The van der Waals surface area contributed by atoms with Crippen LogP contribution in [0.3, 0.4) is 0 Å². The molecule has 2 aromatic rings. The second-order valence-corrected chi connectivity index (χ2v) is 9.62. The van der Waals surface area contributed by atoms with E-state index in [1.165, 1.54) is 31.2 Å². The van der Waals surface area contributed by atoms with E-state index >= 15 is 0 Å². The lowest BCUT2D eigenvalue weighted by Crippen LogP contribution is -2.54. The Morgan fingerprint density at radius 2 is 1.69 bits per heavy atom. The molecule has 3 amide bonds. The van der Waals surface area contributed by atoms with Crippen molar-refractivity contribution in [3.63, 3.8) is 0 Å². The number of rotatable bonds is 12. The molecule has 0 unspecified atom stereocenters. The van der Waals surface area contributed by atoms with E-state index in [-0.39, 0.29) is 30.5 Å². The van der Waals surface area contributed by atoms with Gasteiger partial charge in [0.1, 0.15) is 17.8 Å². The quantitative estimate of drug-likeness (QED) is 0.270. The second kappa shape index (κ2) is 13.0. The van der Waals surface area contributed by atoms with Crippen LogP contribution in [0.5, 0.6) is 5.75 Å². The van der Waals surface area contributed by atoms with Crippen molar-refractivity contribution in [2.75, 3.05) is 0 Å². The third-order valence-corrected chi connectivity index (χ3v) is 5.26. The fourth-order valence-corrected chi connectivity index (χ4v) is 3.70. The predicted molar refractivity (Wildman–Crippen MR) is 128 cm³/mol. The third kappa shape index (κ3) is 10.7. The van der Waals surface area contributed by atoms with Gasteiger partial charge in [0.05, 0.1) is 0 Å². The Balaban J connectivity index is 2.09. The minimum atomic E-state index is -4.69. The molecular formula is C23H31N4O7P. The molecule has 0 aliphatic heterocycles. The van der Waals surface area contributed by atoms with E-state index in [4.69, 9.17) is 9.79 Å². The Morgan fingerprint density at radius 1 is 1.00 bits per heavy atom. The van der Waals surface area contributed by atoms with E-state index < -0.39 is 31.7 Å². The van der Waals surface area contributed by atoms with Crippen LogP contribution >= 0.6 is 7.82 Å². The molecule has 1 aromatic carbocycles. The fraction of sp³-hybridized carbons (Fsp3) is 0.391. The van der Waals surface area contributed by atoms with Crippen LogP contribution in [0, 0.1) is 5.92 Å². The van der Waals surface area contributed by atoms with Gasteiger partial charge in [-0.05, 0) is 41.7 Å². The van der Waals surface area contributed by atoms with Gasteiger partial charge in [0.25, 0.3) is 0 Å². The molecule has 0 saturated carbocycles. The lowest BCUT2D eigenvalue weighted by molar-refractivity contribution is -0.132. The van der Waals surface area contributed by atoms with E-state index in [2.05, 4.69) is 25.5 Å². The third-order valence-electron chi connectivity index (χ3n) is 4.81. The van der Waals surface area contributed by atoms with Crippen LogP contribution in [-0.4, -0.2) is 44.6 Å². The lowest BCUT2D eigenvalue weighted by atomic mass is 10.0. The smallest absolute Gasteiger partial charge is 0.404 e. The first-order chi connectivity index (χ1) is 16.4. The second-order valence-electron chi connectivity index (χ2n) is 8.45. The standard InChI is InChI=1S/C23H31N4O7P/c1-15(2)11-20(22(29)25-14-18-5-4-10-24-13-18)27-23(30)21(26-16(3)28)12-17-6-8-19(9-7-17)34-35(31,32)33/h4-10,13,15,20-21H,11-12,14H2,1-3H3,(H,25,29)(H,26,28)(H,27,30)(H2,31,32,33)/t20-,21-/m0/s1. The molecule has 0 saturated heterocycles. The molecule has 0 aliphatic rings. The molecule has 2 rings (SSSR count). The van der Waals surface area contributed by atoms with Crippen molar-refractivity contribution < 1.29 is 33.3 Å². The molecule has 11 nitrogen and oxygen atoms in total. The van der Waals surface area contributed by atoms with Gasteiger partial charge in [-0.15, -0.1) is 0 Å². The number of hydrogen-bond donors (Lipinski definition) is 5. The first-order valence-corrected chi connectivity index (χ1v) is 12.5. The summed E-state index contributed by atoms with van der Waals surface area (Å²) in [6.45, 7) is 5.40. The highest BCUT2D eigenvalue weighted by molar-refractivity contribution is 7.46. The van der Waals surface area contributed by atoms with Crippen molar-refractivity contribution in [1.29, 1.82) is 0 Å². The first-order valence-electron chi connectivity index (χ1n) is 11.0. The number of nitrogens with one attached hydrogen (secondary N) is 3. The number of hydrogen-bond acceptors (Lipinski definition) is 6. The average molecular weight is 506 g/mol. The fourth-order valence-electron chi connectivity index (χ4n) is 3.30. The van der Waals surface area contributed by atoms with Crippen LogP contribution < -0.4 is 20.5 Å². The summed E-state index contributed by atoms with van der Waals surface area (Å²) in [5.41, 5.74) is 1.43. The SMILES string of the molecule is CC(=O)N[C@@H](Cc1ccc(OP(=O)(O)O)cc1)C(=O)N[C@@H](CC(C)C)C(=O)NCc1cccnc1. The number of amides is 3. The summed E-state index contributed by atoms with van der Waals surface area (Å²) in [5.74, 6) is -1.22. The monoisotopic (exact) mass is 506 g/mol. The van der Waals surface area contributed by atoms with Gasteiger partial charge in [0, 0.05) is 32.3 Å². The molecule has 190 valence electrons. The number of carbonyl (C=O) groups is 3. The van der Waals surface area contributed by atoms with Crippen LogP contribution in [0.4, 0.5) is 0 Å². The molecule has 1 aromatic heterocycles. The summed E-state index contributed by atoms with van der Waals surface area (Å²) in [7, 11) is -4.69. The summed E-state index contributed by atoms with van der Waals surface area (Å²) < 4.78 is 15.5. The number of aromatic nitrogens is 1. The maximum absolute atomic E-state index is 13.1. The van der Waals surface area contributed by atoms with Crippen LogP contribution in [0.1, 0.15) is 38.3 Å². The van der Waals surface area contributed by atoms with Crippen molar-refractivity contribution in [2.24, 2.45) is 5.92 Å². The van der Waals surface area contributed by atoms with E-state index in [0.717, 1.165) is 5.56 Å². The average Bonchev–Trinajstić information content (AvgIpc) is 2.77. The number of carbonyl (C=O) groups excluding carboxylic acids is 3. The molecule has 5 N–H and O–H groups in total. The zero-order chi connectivity index (χ0) is 26.0. The summed E-state index contributed by atoms with van der Waals surface area (Å²) in [6.07, 6.45) is 3.76. The summed E-state index contributed by atoms with van der Waals surface area (Å²) in [4.78, 5) is 59.4. The molecule has 2 atom stereocenters. The van der Waals surface area contributed by atoms with Gasteiger partial charge in [-0.3, -0.25) is 29.2 Å². The van der Waals surface area contributed by atoms with E-state index in [1.54, 1.807) is 18.5 Å². The lowest BCUT2D eigenvalue weighted by Gasteiger charge is -2.24. The Kier molecular flexibility index (Phi) is 10.4. The van der Waals surface area contributed by atoms with Gasteiger partial charge >= 0.3 is 7.82 Å². The summed E-state index contributed by atoms with van der Waals surface area (Å²) >= 11 is 0. The molecule has 35 heavy (non-hydrogen) atoms. The molecule has 0 fully saturated rings. The number of phosphoric ester groups is 1. The molecule has 0 aliphatic carbocycles. The number of benzene rings is 1. The van der Waals surface area contributed by atoms with Crippen LogP contribution in [0.25, 0.3) is 0 Å². The van der Waals surface area contributed by atoms with Gasteiger partial charge in [0.2, 0.25) is 17.7 Å². The Hall–Kier alpha value is -3.27. The minimum Gasteiger partial charge on any atom is -0.404 e. The Morgan fingerprint density at radius 3 is 2.23 bits per heavy atom. The van der Waals surface area contributed by atoms with Gasteiger partial charge in [-0.25, -0.2) is 4.57 Å². The highest BCUT2D eigenvalue weighted by Gasteiger charge is 2.27. The molecule has 0 radical (unpaired) electrons. The van der Waals surface area contributed by atoms with Crippen molar-refractivity contribution in [1.82, 2.24) is 20.9 Å². The van der Waals surface area contributed by atoms with Crippen molar-refractivity contribution >= 4 is 25.5 Å². The molecular weight excluding hydrogens is 475 g/mol. The van der Waals surface area contributed by atoms with Gasteiger partial charge in [-0.2, -0.15) is 0 Å². The van der Waals surface area contributed by atoms with E-state index in [0.29, 0.717) is 12.0 Å². The van der Waals surface area contributed by atoms with Gasteiger partial charge in [0.15, 0.2) is 0 Å². The Labute approximate surface area is 203 Å².